The topological polar surface area (TPSA) is 109 Å². The maximum atomic E-state index is 13.3. The molecule has 0 spiro atoms. The zero-order chi connectivity index (χ0) is 26.0. The van der Waals surface area contributed by atoms with Gasteiger partial charge in [0, 0.05) is 0 Å². The van der Waals surface area contributed by atoms with E-state index in [1.54, 1.807) is 0 Å². The van der Waals surface area contributed by atoms with Gasteiger partial charge in [-0.3, -0.25) is 4.90 Å². The summed E-state index contributed by atoms with van der Waals surface area (Å²) in [6, 6.07) is 26.1. The number of carbonyl (C=O) groups excluding carboxylic acids is 1. The van der Waals surface area contributed by atoms with Gasteiger partial charge in [-0.2, -0.15) is 0 Å². The molecular formula is C29H33NO7. The molecule has 0 unspecified atom stereocenters. The predicted molar refractivity (Wildman–Crippen MR) is 136 cm³/mol. The lowest BCUT2D eigenvalue weighted by Gasteiger charge is -2.49. The van der Waals surface area contributed by atoms with Gasteiger partial charge in [-0.05, 0) is 16.7 Å². The summed E-state index contributed by atoms with van der Waals surface area (Å²) in [5.74, 6) is 0. The van der Waals surface area contributed by atoms with E-state index in [0.717, 1.165) is 16.7 Å². The molecule has 37 heavy (non-hydrogen) atoms. The van der Waals surface area contributed by atoms with E-state index in [1.807, 2.05) is 91.0 Å². The first-order valence-electron chi connectivity index (χ1n) is 12.3. The van der Waals surface area contributed by atoms with Gasteiger partial charge in [0.15, 0.2) is 0 Å². The Morgan fingerprint density at radius 3 is 1.76 bits per heavy atom. The van der Waals surface area contributed by atoms with Crippen molar-refractivity contribution in [1.29, 1.82) is 0 Å². The molecule has 3 N–H and O–H groups in total. The van der Waals surface area contributed by atoms with Crippen molar-refractivity contribution < 1.29 is 34.3 Å². The molecule has 1 fully saturated rings. The number of aliphatic hydroxyl groups is 3. The molecular weight excluding hydrogens is 474 g/mol. The zero-order valence-corrected chi connectivity index (χ0v) is 20.5. The predicted octanol–water partition coefficient (Wildman–Crippen LogP) is 2.89. The molecule has 8 nitrogen and oxygen atoms in total. The van der Waals surface area contributed by atoms with E-state index < -0.39 is 43.1 Å². The molecule has 196 valence electrons. The molecule has 1 saturated heterocycles. The number of carbonyl (C=O) groups is 1. The van der Waals surface area contributed by atoms with Gasteiger partial charge >= 0.3 is 6.09 Å². The SMILES string of the molecule is O=C(OCc1ccccc1)N1[C@H](CO)[C@@H](OCc2ccccc2)[C@H](O)[C@H](O)[C@@H]1COCc1ccccc1. The summed E-state index contributed by atoms with van der Waals surface area (Å²) in [6.45, 7) is -0.174. The molecule has 0 aromatic heterocycles. The van der Waals surface area contributed by atoms with Crippen LogP contribution in [0.2, 0.25) is 0 Å². The zero-order valence-electron chi connectivity index (χ0n) is 20.5. The van der Waals surface area contributed by atoms with Crippen LogP contribution in [0.4, 0.5) is 4.79 Å². The number of benzene rings is 3. The summed E-state index contributed by atoms with van der Waals surface area (Å²) < 4.78 is 17.4. The molecule has 3 aromatic rings. The Morgan fingerprint density at radius 2 is 1.22 bits per heavy atom. The number of amides is 1. The van der Waals surface area contributed by atoms with Crippen molar-refractivity contribution in [3.63, 3.8) is 0 Å². The summed E-state index contributed by atoms with van der Waals surface area (Å²) >= 11 is 0. The van der Waals surface area contributed by atoms with Crippen LogP contribution >= 0.6 is 0 Å². The molecule has 0 aliphatic carbocycles. The number of piperidine rings is 1. The second-order valence-corrected chi connectivity index (χ2v) is 9.01. The van der Waals surface area contributed by atoms with Crippen LogP contribution in [0.5, 0.6) is 0 Å². The van der Waals surface area contributed by atoms with E-state index in [0.29, 0.717) is 0 Å². The standard InChI is InChI=1S/C29H33NO7/c31-16-24-28(36-18-22-12-6-2-7-13-22)27(33)26(32)25(20-35-17-21-10-4-1-5-11-21)30(24)29(34)37-19-23-14-8-3-9-15-23/h1-15,24-28,31-33H,16-20H2/t24-,25+,26-,27-,28-/m1/s1. The van der Waals surface area contributed by atoms with Gasteiger partial charge in [-0.15, -0.1) is 0 Å². The van der Waals surface area contributed by atoms with E-state index in [2.05, 4.69) is 0 Å². The lowest BCUT2D eigenvalue weighted by atomic mass is 9.88. The molecule has 1 heterocycles. The number of likely N-dealkylation sites (tertiary alicyclic amines) is 1. The molecule has 0 bridgehead atoms. The van der Waals surface area contributed by atoms with E-state index in [4.69, 9.17) is 14.2 Å². The average molecular weight is 508 g/mol. The Labute approximate surface area is 216 Å². The average Bonchev–Trinajstić information content (AvgIpc) is 2.95. The van der Waals surface area contributed by atoms with Crippen molar-refractivity contribution in [1.82, 2.24) is 4.90 Å². The summed E-state index contributed by atoms with van der Waals surface area (Å²) in [4.78, 5) is 14.6. The number of ether oxygens (including phenoxy) is 3. The van der Waals surface area contributed by atoms with Gasteiger partial charge in [0.1, 0.15) is 24.9 Å². The van der Waals surface area contributed by atoms with Crippen LogP contribution in [-0.2, 0) is 34.0 Å². The van der Waals surface area contributed by atoms with Crippen LogP contribution in [0.25, 0.3) is 0 Å². The largest absolute Gasteiger partial charge is 0.445 e. The normalized spacial score (nSPS) is 23.5. The fourth-order valence-corrected chi connectivity index (χ4v) is 4.50. The third-order valence-electron chi connectivity index (χ3n) is 6.46. The molecule has 0 radical (unpaired) electrons. The Balaban J connectivity index is 1.52. The van der Waals surface area contributed by atoms with Crippen molar-refractivity contribution in [2.45, 2.75) is 50.2 Å². The maximum absolute atomic E-state index is 13.3. The van der Waals surface area contributed by atoms with Gasteiger partial charge in [0.25, 0.3) is 0 Å². The first-order chi connectivity index (χ1) is 18.1. The Kier molecular flexibility index (Phi) is 9.65. The molecule has 1 amide bonds. The minimum absolute atomic E-state index is 0.0140. The molecule has 4 rings (SSSR count). The highest BCUT2D eigenvalue weighted by Gasteiger charge is 2.51. The minimum atomic E-state index is -1.39. The number of rotatable bonds is 10. The highest BCUT2D eigenvalue weighted by Crippen LogP contribution is 2.29. The lowest BCUT2D eigenvalue weighted by Crippen LogP contribution is -2.70. The van der Waals surface area contributed by atoms with Gasteiger partial charge in [-0.1, -0.05) is 91.0 Å². The van der Waals surface area contributed by atoms with Crippen molar-refractivity contribution in [2.75, 3.05) is 13.2 Å². The molecule has 3 aromatic carbocycles. The quantitative estimate of drug-likeness (QED) is 0.387. The van der Waals surface area contributed by atoms with Crippen LogP contribution in [-0.4, -0.2) is 69.9 Å². The Bertz CT molecular complexity index is 1080. The number of hydrogen-bond donors (Lipinski definition) is 3. The van der Waals surface area contributed by atoms with Crippen LogP contribution < -0.4 is 0 Å². The molecule has 1 aliphatic rings. The molecule has 0 saturated carbocycles. The Morgan fingerprint density at radius 1 is 0.703 bits per heavy atom. The first kappa shape index (κ1) is 26.8. The number of hydrogen-bond acceptors (Lipinski definition) is 7. The van der Waals surface area contributed by atoms with Gasteiger partial charge < -0.3 is 29.5 Å². The van der Waals surface area contributed by atoms with Gasteiger partial charge in [0.05, 0.1) is 38.5 Å². The van der Waals surface area contributed by atoms with E-state index >= 15 is 0 Å². The fraction of sp³-hybridized carbons (Fsp3) is 0.345. The Hall–Kier alpha value is -3.27. The van der Waals surface area contributed by atoms with Gasteiger partial charge in [-0.25, -0.2) is 4.79 Å². The second-order valence-electron chi connectivity index (χ2n) is 9.01. The van der Waals surface area contributed by atoms with E-state index in [-0.39, 0.29) is 26.4 Å². The number of aliphatic hydroxyl groups excluding tert-OH is 3. The van der Waals surface area contributed by atoms with Crippen LogP contribution in [0.1, 0.15) is 16.7 Å². The monoisotopic (exact) mass is 507 g/mol. The third kappa shape index (κ3) is 6.94. The van der Waals surface area contributed by atoms with Crippen molar-refractivity contribution in [2.24, 2.45) is 0 Å². The minimum Gasteiger partial charge on any atom is -0.445 e. The molecule has 5 atom stereocenters. The van der Waals surface area contributed by atoms with Crippen molar-refractivity contribution >= 4 is 6.09 Å². The van der Waals surface area contributed by atoms with E-state index in [1.165, 1.54) is 4.90 Å². The summed E-state index contributed by atoms with van der Waals surface area (Å²) in [5, 5.41) is 32.4. The highest BCUT2D eigenvalue weighted by atomic mass is 16.6. The van der Waals surface area contributed by atoms with Crippen LogP contribution in [0, 0.1) is 0 Å². The maximum Gasteiger partial charge on any atom is 0.410 e. The molecule has 1 aliphatic heterocycles. The molecule has 8 heteroatoms. The lowest BCUT2D eigenvalue weighted by molar-refractivity contribution is -0.193. The third-order valence-corrected chi connectivity index (χ3v) is 6.46. The van der Waals surface area contributed by atoms with E-state index in [9.17, 15) is 20.1 Å². The summed E-state index contributed by atoms with van der Waals surface area (Å²) in [6.07, 6.45) is -4.53. The summed E-state index contributed by atoms with van der Waals surface area (Å²) in [7, 11) is 0. The first-order valence-corrected chi connectivity index (χ1v) is 12.3. The van der Waals surface area contributed by atoms with Crippen LogP contribution in [0.15, 0.2) is 91.0 Å². The van der Waals surface area contributed by atoms with Crippen molar-refractivity contribution in [3.05, 3.63) is 108 Å². The van der Waals surface area contributed by atoms with Crippen LogP contribution in [0.3, 0.4) is 0 Å². The highest BCUT2D eigenvalue weighted by molar-refractivity contribution is 5.69. The second kappa shape index (κ2) is 13.3. The fourth-order valence-electron chi connectivity index (χ4n) is 4.50. The van der Waals surface area contributed by atoms with Gasteiger partial charge in [0.2, 0.25) is 0 Å². The summed E-state index contributed by atoms with van der Waals surface area (Å²) in [5.41, 5.74) is 2.57. The smallest absolute Gasteiger partial charge is 0.410 e. The number of nitrogens with zero attached hydrogens (tertiary/aromatic N) is 1. The van der Waals surface area contributed by atoms with Crippen molar-refractivity contribution in [3.8, 4) is 0 Å².